The van der Waals surface area contributed by atoms with E-state index < -0.39 is 10.0 Å². The second-order valence-electron chi connectivity index (χ2n) is 6.24. The lowest BCUT2D eigenvalue weighted by Gasteiger charge is -2.31. The maximum absolute atomic E-state index is 12.5. The van der Waals surface area contributed by atoms with E-state index in [0.717, 1.165) is 11.9 Å². The number of carbonyl (C=O) groups is 1. The summed E-state index contributed by atoms with van der Waals surface area (Å²) in [5.41, 5.74) is 1.28. The Morgan fingerprint density at radius 3 is 2.31 bits per heavy atom. The largest absolute Gasteiger partial charge is 0.338 e. The van der Waals surface area contributed by atoms with Gasteiger partial charge < -0.3 is 10.2 Å². The molecule has 0 unspecified atom stereocenters. The van der Waals surface area contributed by atoms with Crippen LogP contribution in [0.2, 0.25) is 0 Å². The van der Waals surface area contributed by atoms with Gasteiger partial charge in [-0.2, -0.15) is 0 Å². The highest BCUT2D eigenvalue weighted by Crippen LogP contribution is 2.15. The molecule has 3 rings (SSSR count). The minimum Gasteiger partial charge on any atom is -0.338 e. The average Bonchev–Trinajstić information content (AvgIpc) is 2.62. The van der Waals surface area contributed by atoms with Gasteiger partial charge in [0.2, 0.25) is 16.0 Å². The van der Waals surface area contributed by atoms with Gasteiger partial charge in [-0.25, -0.2) is 23.1 Å². The molecule has 2 N–H and O–H groups in total. The predicted molar refractivity (Wildman–Crippen MR) is 98.7 cm³/mol. The van der Waals surface area contributed by atoms with E-state index in [-0.39, 0.29) is 11.9 Å². The SMILES string of the molecule is CS(=O)(=O)NC1CCN(C(=O)c2cnc(Nc3ccccc3)nc2)CC1. The minimum atomic E-state index is -3.22. The van der Waals surface area contributed by atoms with Crippen LogP contribution < -0.4 is 10.0 Å². The van der Waals surface area contributed by atoms with Crippen LogP contribution in [0, 0.1) is 0 Å². The van der Waals surface area contributed by atoms with Crippen LogP contribution in [-0.4, -0.2) is 54.6 Å². The Kier molecular flexibility index (Phi) is 5.48. The zero-order valence-corrected chi connectivity index (χ0v) is 15.2. The molecule has 1 aliphatic rings. The highest BCUT2D eigenvalue weighted by Gasteiger charge is 2.25. The van der Waals surface area contributed by atoms with E-state index in [0.29, 0.717) is 37.4 Å². The fraction of sp³-hybridized carbons (Fsp3) is 0.353. The number of nitrogens with one attached hydrogen (secondary N) is 2. The van der Waals surface area contributed by atoms with Crippen molar-refractivity contribution in [3.05, 3.63) is 48.3 Å². The third-order valence-electron chi connectivity index (χ3n) is 4.09. The Morgan fingerprint density at radius 1 is 1.12 bits per heavy atom. The number of para-hydroxylation sites is 1. The molecule has 2 aromatic rings. The first kappa shape index (κ1) is 18.3. The van der Waals surface area contributed by atoms with Crippen LogP contribution in [0.15, 0.2) is 42.7 Å². The van der Waals surface area contributed by atoms with Crippen molar-refractivity contribution in [1.82, 2.24) is 19.6 Å². The fourth-order valence-electron chi connectivity index (χ4n) is 2.84. The summed E-state index contributed by atoms with van der Waals surface area (Å²) >= 11 is 0. The molecule has 1 amide bonds. The van der Waals surface area contributed by atoms with Gasteiger partial charge >= 0.3 is 0 Å². The third-order valence-corrected chi connectivity index (χ3v) is 4.85. The lowest BCUT2D eigenvalue weighted by atomic mass is 10.1. The molecule has 1 aromatic carbocycles. The first-order valence-corrected chi connectivity index (χ1v) is 10.2. The summed E-state index contributed by atoms with van der Waals surface area (Å²) < 4.78 is 25.2. The molecule has 1 fully saturated rings. The van der Waals surface area contributed by atoms with Crippen LogP contribution in [0.25, 0.3) is 0 Å². The number of piperidine rings is 1. The smallest absolute Gasteiger partial charge is 0.256 e. The number of sulfonamides is 1. The molecule has 0 radical (unpaired) electrons. The van der Waals surface area contributed by atoms with Gasteiger partial charge in [-0.1, -0.05) is 18.2 Å². The van der Waals surface area contributed by atoms with Crippen molar-refractivity contribution >= 4 is 27.6 Å². The first-order chi connectivity index (χ1) is 12.4. The fourth-order valence-corrected chi connectivity index (χ4v) is 3.68. The summed E-state index contributed by atoms with van der Waals surface area (Å²) in [7, 11) is -3.22. The van der Waals surface area contributed by atoms with E-state index in [1.807, 2.05) is 30.3 Å². The molecule has 2 heterocycles. The van der Waals surface area contributed by atoms with Crippen molar-refractivity contribution in [2.75, 3.05) is 24.7 Å². The Hall–Kier alpha value is -2.52. The second kappa shape index (κ2) is 7.79. The van der Waals surface area contributed by atoms with Gasteiger partial charge in [-0.15, -0.1) is 0 Å². The van der Waals surface area contributed by atoms with Crippen molar-refractivity contribution in [2.45, 2.75) is 18.9 Å². The monoisotopic (exact) mass is 375 g/mol. The Morgan fingerprint density at radius 2 is 1.73 bits per heavy atom. The summed E-state index contributed by atoms with van der Waals surface area (Å²) in [5, 5.41) is 3.06. The maximum Gasteiger partial charge on any atom is 0.256 e. The summed E-state index contributed by atoms with van der Waals surface area (Å²) in [6.07, 6.45) is 5.33. The van der Waals surface area contributed by atoms with Crippen LogP contribution >= 0.6 is 0 Å². The summed E-state index contributed by atoms with van der Waals surface area (Å²) in [6.45, 7) is 0.992. The molecular weight excluding hydrogens is 354 g/mol. The van der Waals surface area contributed by atoms with Crippen LogP contribution in [0.1, 0.15) is 23.2 Å². The third kappa shape index (κ3) is 4.99. The molecule has 9 heteroatoms. The summed E-state index contributed by atoms with van der Waals surface area (Å²) in [6, 6.07) is 9.41. The number of aromatic nitrogens is 2. The van der Waals surface area contributed by atoms with Crippen molar-refractivity contribution in [1.29, 1.82) is 0 Å². The van der Waals surface area contributed by atoms with E-state index in [9.17, 15) is 13.2 Å². The number of anilines is 2. The van der Waals surface area contributed by atoms with E-state index in [4.69, 9.17) is 0 Å². The molecule has 138 valence electrons. The van der Waals surface area contributed by atoms with Gasteiger partial charge in [0.25, 0.3) is 5.91 Å². The molecule has 0 bridgehead atoms. The molecule has 0 saturated carbocycles. The normalized spacial score (nSPS) is 15.7. The van der Waals surface area contributed by atoms with Gasteiger partial charge in [-0.3, -0.25) is 4.79 Å². The van der Waals surface area contributed by atoms with Crippen molar-refractivity contribution in [3.63, 3.8) is 0 Å². The van der Waals surface area contributed by atoms with E-state index in [1.165, 1.54) is 12.4 Å². The standard InChI is InChI=1S/C17H21N5O3S/c1-26(24,25)21-15-7-9-22(10-8-15)16(23)13-11-18-17(19-12-13)20-14-5-3-2-4-6-14/h2-6,11-12,15,21H,7-10H2,1H3,(H,18,19,20). The number of hydrogen-bond donors (Lipinski definition) is 2. The van der Waals surface area contributed by atoms with Gasteiger partial charge in [0.1, 0.15) is 0 Å². The number of hydrogen-bond acceptors (Lipinski definition) is 6. The molecule has 0 atom stereocenters. The van der Waals surface area contributed by atoms with Gasteiger partial charge in [0, 0.05) is 37.2 Å². The van der Waals surface area contributed by atoms with E-state index in [2.05, 4.69) is 20.0 Å². The Bertz CT molecular complexity index is 848. The first-order valence-electron chi connectivity index (χ1n) is 8.31. The van der Waals surface area contributed by atoms with Crippen LogP contribution in [0.4, 0.5) is 11.6 Å². The highest BCUT2D eigenvalue weighted by atomic mass is 32.2. The van der Waals surface area contributed by atoms with Crippen LogP contribution in [0.5, 0.6) is 0 Å². The zero-order chi connectivity index (χ0) is 18.6. The number of likely N-dealkylation sites (tertiary alicyclic amines) is 1. The number of amides is 1. The van der Waals surface area contributed by atoms with Gasteiger partial charge in [0.05, 0.1) is 11.8 Å². The molecule has 1 aliphatic heterocycles. The number of rotatable bonds is 5. The molecule has 0 spiro atoms. The van der Waals surface area contributed by atoms with Crippen molar-refractivity contribution in [2.24, 2.45) is 0 Å². The van der Waals surface area contributed by atoms with Gasteiger partial charge in [0.15, 0.2) is 0 Å². The molecule has 8 nitrogen and oxygen atoms in total. The lowest BCUT2D eigenvalue weighted by Crippen LogP contribution is -2.46. The number of nitrogens with zero attached hydrogens (tertiary/aromatic N) is 3. The summed E-state index contributed by atoms with van der Waals surface area (Å²) in [4.78, 5) is 22.6. The lowest BCUT2D eigenvalue weighted by molar-refractivity contribution is 0.0710. The average molecular weight is 375 g/mol. The van der Waals surface area contributed by atoms with Crippen LogP contribution in [0.3, 0.4) is 0 Å². The minimum absolute atomic E-state index is 0.122. The van der Waals surface area contributed by atoms with Gasteiger partial charge in [-0.05, 0) is 25.0 Å². The Labute approximate surface area is 152 Å². The molecule has 0 aliphatic carbocycles. The zero-order valence-electron chi connectivity index (χ0n) is 14.4. The summed E-state index contributed by atoms with van der Waals surface area (Å²) in [5.74, 6) is 0.276. The predicted octanol–water partition coefficient (Wildman–Crippen LogP) is 1.37. The Balaban J connectivity index is 1.57. The highest BCUT2D eigenvalue weighted by molar-refractivity contribution is 7.88. The molecule has 1 aromatic heterocycles. The maximum atomic E-state index is 12.5. The molecule has 1 saturated heterocycles. The van der Waals surface area contributed by atoms with E-state index in [1.54, 1.807) is 4.90 Å². The molecular formula is C17H21N5O3S. The van der Waals surface area contributed by atoms with Crippen molar-refractivity contribution < 1.29 is 13.2 Å². The van der Waals surface area contributed by atoms with E-state index >= 15 is 0 Å². The topological polar surface area (TPSA) is 104 Å². The number of carbonyl (C=O) groups excluding carboxylic acids is 1. The van der Waals surface area contributed by atoms with Crippen molar-refractivity contribution in [3.8, 4) is 0 Å². The molecule has 26 heavy (non-hydrogen) atoms. The second-order valence-corrected chi connectivity index (χ2v) is 8.02. The quantitative estimate of drug-likeness (QED) is 0.818. The number of benzene rings is 1. The van der Waals surface area contributed by atoms with Crippen LogP contribution in [-0.2, 0) is 10.0 Å².